The first-order valence-electron chi connectivity index (χ1n) is 10.2. The van der Waals surface area contributed by atoms with E-state index < -0.39 is 0 Å². The summed E-state index contributed by atoms with van der Waals surface area (Å²) in [5, 5.41) is 5.61. The van der Waals surface area contributed by atoms with Crippen molar-refractivity contribution in [2.24, 2.45) is 0 Å². The molecule has 31 heavy (non-hydrogen) atoms. The Morgan fingerprint density at radius 3 is 2.42 bits per heavy atom. The maximum absolute atomic E-state index is 12.8. The second-order valence-electron chi connectivity index (χ2n) is 7.00. The van der Waals surface area contributed by atoms with Crippen LogP contribution < -0.4 is 15.4 Å². The zero-order chi connectivity index (χ0) is 22.1. The van der Waals surface area contributed by atoms with Gasteiger partial charge in [0.05, 0.1) is 5.25 Å². The standard InChI is InChI=1S/C25H26N2O3S/c1-3-23(25(29)27-22-15-8-7-10-18(22)2)31-21-14-9-11-19(16-21)26-24(28)17-30-20-12-5-4-6-13-20/h4-16,23H,3,17H2,1-2H3,(H,26,28)(H,27,29). The number of para-hydroxylation sites is 2. The molecule has 1 atom stereocenters. The number of hydrogen-bond donors (Lipinski definition) is 2. The second-order valence-corrected chi connectivity index (χ2v) is 8.27. The predicted molar refractivity (Wildman–Crippen MR) is 127 cm³/mol. The highest BCUT2D eigenvalue weighted by Gasteiger charge is 2.19. The molecule has 5 nitrogen and oxygen atoms in total. The molecule has 0 fully saturated rings. The zero-order valence-corrected chi connectivity index (χ0v) is 18.4. The lowest BCUT2D eigenvalue weighted by atomic mass is 10.2. The van der Waals surface area contributed by atoms with Crippen LogP contribution in [-0.2, 0) is 9.59 Å². The van der Waals surface area contributed by atoms with Crippen LogP contribution in [0.2, 0.25) is 0 Å². The summed E-state index contributed by atoms with van der Waals surface area (Å²) >= 11 is 1.48. The highest BCUT2D eigenvalue weighted by molar-refractivity contribution is 8.00. The van der Waals surface area contributed by atoms with Crippen molar-refractivity contribution in [3.05, 3.63) is 84.4 Å². The summed E-state index contributed by atoms with van der Waals surface area (Å²) in [4.78, 5) is 25.9. The number of carbonyl (C=O) groups is 2. The normalized spacial score (nSPS) is 11.4. The van der Waals surface area contributed by atoms with E-state index in [9.17, 15) is 9.59 Å². The molecule has 0 aliphatic heterocycles. The van der Waals surface area contributed by atoms with Crippen LogP contribution in [-0.4, -0.2) is 23.7 Å². The smallest absolute Gasteiger partial charge is 0.262 e. The maximum atomic E-state index is 12.8. The molecule has 3 rings (SSSR count). The summed E-state index contributed by atoms with van der Waals surface area (Å²) < 4.78 is 5.48. The highest BCUT2D eigenvalue weighted by atomic mass is 32.2. The minimum atomic E-state index is -0.244. The zero-order valence-electron chi connectivity index (χ0n) is 17.6. The quantitative estimate of drug-likeness (QED) is 0.435. The van der Waals surface area contributed by atoms with Crippen LogP contribution in [0.4, 0.5) is 11.4 Å². The molecule has 0 aliphatic rings. The fourth-order valence-corrected chi connectivity index (χ4v) is 3.94. The fraction of sp³-hybridized carbons (Fsp3) is 0.200. The van der Waals surface area contributed by atoms with Gasteiger partial charge in [0.15, 0.2) is 6.61 Å². The Hall–Kier alpha value is -3.25. The van der Waals surface area contributed by atoms with Crippen molar-refractivity contribution in [3.8, 4) is 5.75 Å². The van der Waals surface area contributed by atoms with E-state index in [0.29, 0.717) is 17.9 Å². The molecule has 1 unspecified atom stereocenters. The number of rotatable bonds is 9. The van der Waals surface area contributed by atoms with Gasteiger partial charge in [-0.1, -0.05) is 49.4 Å². The van der Waals surface area contributed by atoms with E-state index in [1.54, 1.807) is 12.1 Å². The van der Waals surface area contributed by atoms with Crippen LogP contribution in [0.1, 0.15) is 18.9 Å². The highest BCUT2D eigenvalue weighted by Crippen LogP contribution is 2.29. The van der Waals surface area contributed by atoms with Gasteiger partial charge in [0.25, 0.3) is 5.91 Å². The Morgan fingerprint density at radius 2 is 1.68 bits per heavy atom. The summed E-state index contributed by atoms with van der Waals surface area (Å²) in [5.41, 5.74) is 2.52. The minimum Gasteiger partial charge on any atom is -0.484 e. The molecular formula is C25H26N2O3S. The van der Waals surface area contributed by atoms with Crippen molar-refractivity contribution in [3.63, 3.8) is 0 Å². The Kier molecular flexibility index (Phi) is 8.12. The third kappa shape index (κ3) is 6.89. The lowest BCUT2D eigenvalue weighted by Gasteiger charge is -2.16. The topological polar surface area (TPSA) is 67.4 Å². The largest absolute Gasteiger partial charge is 0.484 e. The van der Waals surface area contributed by atoms with Gasteiger partial charge in [0.1, 0.15) is 5.75 Å². The summed E-state index contributed by atoms with van der Waals surface area (Å²) in [7, 11) is 0. The van der Waals surface area contributed by atoms with Crippen molar-refractivity contribution in [2.45, 2.75) is 30.4 Å². The lowest BCUT2D eigenvalue weighted by molar-refractivity contribution is -0.118. The van der Waals surface area contributed by atoms with Crippen LogP contribution in [0.5, 0.6) is 5.75 Å². The van der Waals surface area contributed by atoms with E-state index in [1.165, 1.54) is 11.8 Å². The summed E-state index contributed by atoms with van der Waals surface area (Å²) in [6, 6.07) is 24.4. The third-order valence-electron chi connectivity index (χ3n) is 4.58. The van der Waals surface area contributed by atoms with Crippen LogP contribution in [0.15, 0.2) is 83.8 Å². The van der Waals surface area contributed by atoms with Gasteiger partial charge in [0.2, 0.25) is 5.91 Å². The van der Waals surface area contributed by atoms with Crippen molar-refractivity contribution >= 4 is 35.0 Å². The average molecular weight is 435 g/mol. The first kappa shape index (κ1) is 22.4. The molecule has 0 saturated carbocycles. The molecule has 0 aliphatic carbocycles. The molecule has 2 N–H and O–H groups in total. The second kappa shape index (κ2) is 11.2. The molecular weight excluding hydrogens is 408 g/mol. The number of thioether (sulfide) groups is 1. The van der Waals surface area contributed by atoms with E-state index >= 15 is 0 Å². The number of anilines is 2. The van der Waals surface area contributed by atoms with Crippen molar-refractivity contribution < 1.29 is 14.3 Å². The van der Waals surface area contributed by atoms with Gasteiger partial charge in [-0.25, -0.2) is 0 Å². The van der Waals surface area contributed by atoms with Crippen LogP contribution in [0.3, 0.4) is 0 Å². The van der Waals surface area contributed by atoms with E-state index in [0.717, 1.165) is 16.1 Å². The molecule has 0 aromatic heterocycles. The van der Waals surface area contributed by atoms with Gasteiger partial charge in [-0.2, -0.15) is 0 Å². The van der Waals surface area contributed by atoms with Crippen molar-refractivity contribution in [1.29, 1.82) is 0 Å². The third-order valence-corrected chi connectivity index (χ3v) is 5.93. The summed E-state index contributed by atoms with van der Waals surface area (Å²) in [6.07, 6.45) is 0.684. The van der Waals surface area contributed by atoms with Crippen LogP contribution >= 0.6 is 11.8 Å². The van der Waals surface area contributed by atoms with Gasteiger partial charge in [0, 0.05) is 16.3 Å². The minimum absolute atomic E-state index is 0.0347. The van der Waals surface area contributed by atoms with Gasteiger partial charge in [-0.15, -0.1) is 11.8 Å². The molecule has 3 aromatic carbocycles. The number of nitrogens with one attached hydrogen (secondary N) is 2. The van der Waals surface area contributed by atoms with Crippen LogP contribution in [0.25, 0.3) is 0 Å². The van der Waals surface area contributed by atoms with E-state index in [-0.39, 0.29) is 23.7 Å². The number of aryl methyl sites for hydroxylation is 1. The Balaban J connectivity index is 1.57. The Labute approximate surface area is 187 Å². The average Bonchev–Trinajstić information content (AvgIpc) is 2.78. The molecule has 0 spiro atoms. The Bertz CT molecular complexity index is 1020. The molecule has 0 bridgehead atoms. The molecule has 0 heterocycles. The van der Waals surface area contributed by atoms with E-state index in [1.807, 2.05) is 80.6 Å². The SMILES string of the molecule is CCC(Sc1cccc(NC(=O)COc2ccccc2)c1)C(=O)Nc1ccccc1C. The van der Waals surface area contributed by atoms with Gasteiger partial charge in [-0.3, -0.25) is 9.59 Å². The molecule has 6 heteroatoms. The summed E-state index contributed by atoms with van der Waals surface area (Å²) in [6.45, 7) is 3.89. The Morgan fingerprint density at radius 1 is 0.935 bits per heavy atom. The van der Waals surface area contributed by atoms with Gasteiger partial charge < -0.3 is 15.4 Å². The van der Waals surface area contributed by atoms with E-state index in [4.69, 9.17) is 4.74 Å². The number of benzene rings is 3. The van der Waals surface area contributed by atoms with Gasteiger partial charge in [-0.05, 0) is 55.3 Å². The van der Waals surface area contributed by atoms with E-state index in [2.05, 4.69) is 10.6 Å². The predicted octanol–water partition coefficient (Wildman–Crippen LogP) is 5.52. The monoisotopic (exact) mass is 434 g/mol. The number of hydrogen-bond acceptors (Lipinski definition) is 4. The van der Waals surface area contributed by atoms with Gasteiger partial charge >= 0.3 is 0 Å². The molecule has 2 amide bonds. The number of ether oxygens (including phenoxy) is 1. The van der Waals surface area contributed by atoms with Crippen LogP contribution in [0, 0.1) is 6.92 Å². The van der Waals surface area contributed by atoms with Crippen molar-refractivity contribution in [1.82, 2.24) is 0 Å². The summed E-state index contributed by atoms with van der Waals surface area (Å²) in [5.74, 6) is 0.371. The first-order valence-corrected chi connectivity index (χ1v) is 11.0. The molecule has 160 valence electrons. The molecule has 0 radical (unpaired) electrons. The maximum Gasteiger partial charge on any atom is 0.262 e. The number of carbonyl (C=O) groups excluding carboxylic acids is 2. The lowest BCUT2D eigenvalue weighted by Crippen LogP contribution is -2.25. The molecule has 0 saturated heterocycles. The fourth-order valence-electron chi connectivity index (χ4n) is 2.92. The van der Waals surface area contributed by atoms with Crippen molar-refractivity contribution in [2.75, 3.05) is 17.2 Å². The first-order chi connectivity index (χ1) is 15.0. The number of amides is 2. The molecule has 3 aromatic rings.